The zero-order valence-corrected chi connectivity index (χ0v) is 14.8. The van der Waals surface area contributed by atoms with Crippen LogP contribution in [0.25, 0.3) is 0 Å². The van der Waals surface area contributed by atoms with E-state index in [1.54, 1.807) is 0 Å². The first-order valence-electron chi connectivity index (χ1n) is 6.81. The predicted molar refractivity (Wildman–Crippen MR) is 87.9 cm³/mol. The van der Waals surface area contributed by atoms with E-state index in [0.717, 1.165) is 0 Å². The molecule has 25 heavy (non-hydrogen) atoms. The molecule has 0 bridgehead atoms. The molecule has 2 rings (SSSR count). The molecule has 1 aromatic carbocycles. The maximum atomic E-state index is 11.9. The van der Waals surface area contributed by atoms with Crippen LogP contribution in [0.5, 0.6) is 5.75 Å². The van der Waals surface area contributed by atoms with Crippen molar-refractivity contribution in [3.05, 3.63) is 28.2 Å². The molecule has 0 saturated carbocycles. The summed E-state index contributed by atoms with van der Waals surface area (Å²) < 4.78 is 10.2. The van der Waals surface area contributed by atoms with Crippen LogP contribution in [0.3, 0.4) is 0 Å². The summed E-state index contributed by atoms with van der Waals surface area (Å²) in [5.41, 5.74) is -1.49. The molecule has 0 spiro atoms. The molecular weight excluding hydrogens is 400 g/mol. The Hall–Kier alpha value is -1.19. The maximum absolute atomic E-state index is 11.9. The van der Waals surface area contributed by atoms with Crippen LogP contribution in [0.1, 0.15) is 0 Å². The van der Waals surface area contributed by atoms with Crippen molar-refractivity contribution >= 4 is 43.0 Å². The molecule has 138 valence electrons. The summed E-state index contributed by atoms with van der Waals surface area (Å²) in [4.78, 5) is 22.9. The van der Waals surface area contributed by atoms with E-state index < -0.39 is 50.7 Å². The smallest absolute Gasteiger partial charge is 0.354 e. The predicted octanol–water partition coefficient (Wildman–Crippen LogP) is 0.960. The van der Waals surface area contributed by atoms with E-state index in [1.807, 2.05) is 0 Å². The van der Waals surface area contributed by atoms with Crippen LogP contribution in [-0.2, 0) is 9.32 Å². The molecule has 0 aliphatic carbocycles. The van der Waals surface area contributed by atoms with Gasteiger partial charge in [0.15, 0.2) is 21.0 Å². The number of aliphatic hydroxyl groups excluding tert-OH is 3. The summed E-state index contributed by atoms with van der Waals surface area (Å²) in [6, 6.07) is 4.38. The number of aliphatic hydroxyl groups is 3. The fourth-order valence-corrected chi connectivity index (χ4v) is 3.73. The number of benzene rings is 1. The number of ether oxygens (including phenoxy) is 1. The van der Waals surface area contributed by atoms with Crippen LogP contribution < -0.4 is 10.1 Å². The Morgan fingerprint density at radius 3 is 2.52 bits per heavy atom. The lowest BCUT2D eigenvalue weighted by Crippen LogP contribution is -2.57. The Labute approximate surface area is 152 Å². The fraction of sp³-hybridized carbons (Fsp3) is 0.385. The third-order valence-electron chi connectivity index (χ3n) is 3.18. The number of carbonyl (C=O) groups is 2. The highest BCUT2D eigenvalue weighted by molar-refractivity contribution is 7.70. The van der Waals surface area contributed by atoms with Gasteiger partial charge in [-0.25, -0.2) is 4.79 Å². The molecule has 0 radical (unpaired) electrons. The number of nitrogens with one attached hydrogen (secondary N) is 1. The number of carboxylic acid groups (broad SMARTS) is 1. The van der Waals surface area contributed by atoms with E-state index in [-0.39, 0.29) is 10.8 Å². The molecule has 5 atom stereocenters. The van der Waals surface area contributed by atoms with Gasteiger partial charge < -0.3 is 35.0 Å². The number of carbonyl (C=O) groups excluding carboxylic acids is 1. The van der Waals surface area contributed by atoms with Crippen LogP contribution in [0.2, 0.25) is 10.0 Å². The molecular formula is C13H14Cl2NO8P. The molecule has 1 heterocycles. The second-order valence-electron chi connectivity index (χ2n) is 4.96. The Bertz CT molecular complexity index is 663. The highest BCUT2D eigenvalue weighted by Crippen LogP contribution is 2.48. The van der Waals surface area contributed by atoms with Crippen LogP contribution in [-0.4, -0.2) is 62.9 Å². The molecule has 5 N–H and O–H groups in total. The lowest BCUT2D eigenvalue weighted by atomic mass is 10.2. The fourth-order valence-electron chi connectivity index (χ4n) is 1.95. The van der Waals surface area contributed by atoms with Gasteiger partial charge in [-0.3, -0.25) is 4.79 Å². The van der Waals surface area contributed by atoms with Crippen LogP contribution in [0.4, 0.5) is 4.79 Å². The summed E-state index contributed by atoms with van der Waals surface area (Å²) in [6.45, 7) is -0.516. The number of halogens is 2. The number of hydrogen-bond acceptors (Lipinski definition) is 7. The molecule has 5 unspecified atom stereocenters. The molecule has 1 aromatic rings. The topological polar surface area (TPSA) is 146 Å². The van der Waals surface area contributed by atoms with Crippen molar-refractivity contribution in [2.24, 2.45) is 0 Å². The number of amides is 1. The monoisotopic (exact) mass is 413 g/mol. The minimum atomic E-state index is -2.52. The van der Waals surface area contributed by atoms with E-state index in [9.17, 15) is 24.9 Å². The molecule has 1 aliphatic rings. The van der Waals surface area contributed by atoms with Crippen molar-refractivity contribution in [3.63, 3.8) is 0 Å². The third kappa shape index (κ3) is 4.92. The van der Waals surface area contributed by atoms with Gasteiger partial charge in [0.25, 0.3) is 5.91 Å². The highest BCUT2D eigenvalue weighted by Gasteiger charge is 2.47. The normalized spacial score (nSPS) is 29.1. The lowest BCUT2D eigenvalue weighted by Gasteiger charge is -2.38. The maximum Gasteiger partial charge on any atom is 0.354 e. The molecule has 9 nitrogen and oxygen atoms in total. The standard InChI is InChI=1S/C13H14Cl2NO8P/c14-5-1-2-7(6(15)3-5)23-4-8(17)16-11-9(18)10(19)12(20)25(24-11)13(21)22/h1-3,9-12,18-20H,4H2,(H,16,17)(H,21,22). The molecule has 1 aliphatic heterocycles. The second kappa shape index (κ2) is 8.46. The summed E-state index contributed by atoms with van der Waals surface area (Å²) in [5.74, 6) is -2.35. The first-order chi connectivity index (χ1) is 11.7. The third-order valence-corrected chi connectivity index (χ3v) is 5.33. The van der Waals surface area contributed by atoms with Gasteiger partial charge in [-0.05, 0) is 18.2 Å². The SMILES string of the molecule is O=C(COc1ccc(Cl)cc1Cl)NC1OP(C(=O)O)C(O)C(O)C1O. The first kappa shape index (κ1) is 20.1. The van der Waals surface area contributed by atoms with Gasteiger partial charge in [-0.15, -0.1) is 0 Å². The van der Waals surface area contributed by atoms with E-state index in [0.29, 0.717) is 5.02 Å². The molecule has 1 amide bonds. The Morgan fingerprint density at radius 1 is 1.24 bits per heavy atom. The molecule has 1 saturated heterocycles. The van der Waals surface area contributed by atoms with Crippen LogP contribution in [0, 0.1) is 0 Å². The summed E-state index contributed by atoms with van der Waals surface area (Å²) in [6.07, 6.45) is -5.01. The van der Waals surface area contributed by atoms with Crippen molar-refractivity contribution < 1.29 is 39.3 Å². The van der Waals surface area contributed by atoms with Crippen molar-refractivity contribution in [1.29, 1.82) is 0 Å². The minimum absolute atomic E-state index is 0.183. The van der Waals surface area contributed by atoms with Crippen LogP contribution in [0.15, 0.2) is 18.2 Å². The summed E-state index contributed by atoms with van der Waals surface area (Å²) >= 11 is 11.6. The zero-order valence-electron chi connectivity index (χ0n) is 12.4. The van der Waals surface area contributed by atoms with Gasteiger partial charge in [0.1, 0.15) is 23.8 Å². The van der Waals surface area contributed by atoms with E-state index in [1.165, 1.54) is 18.2 Å². The van der Waals surface area contributed by atoms with Crippen molar-refractivity contribution in [1.82, 2.24) is 5.32 Å². The average molecular weight is 414 g/mol. The van der Waals surface area contributed by atoms with Crippen molar-refractivity contribution in [3.8, 4) is 5.75 Å². The van der Waals surface area contributed by atoms with Gasteiger partial charge >= 0.3 is 5.71 Å². The summed E-state index contributed by atoms with van der Waals surface area (Å²) in [7, 11) is -2.52. The molecule has 1 fully saturated rings. The Morgan fingerprint density at radius 2 is 1.92 bits per heavy atom. The Balaban J connectivity index is 1.95. The molecule has 0 aromatic heterocycles. The lowest BCUT2D eigenvalue weighted by molar-refractivity contribution is -0.136. The van der Waals surface area contributed by atoms with Crippen molar-refractivity contribution in [2.75, 3.05) is 6.61 Å². The summed E-state index contributed by atoms with van der Waals surface area (Å²) in [5, 5.41) is 40.8. The van der Waals surface area contributed by atoms with Gasteiger partial charge in [-0.2, -0.15) is 0 Å². The van der Waals surface area contributed by atoms with E-state index >= 15 is 0 Å². The Kier molecular flexibility index (Phi) is 6.81. The van der Waals surface area contributed by atoms with E-state index in [2.05, 4.69) is 5.32 Å². The largest absolute Gasteiger partial charge is 0.482 e. The highest BCUT2D eigenvalue weighted by atomic mass is 35.5. The average Bonchev–Trinajstić information content (AvgIpc) is 2.54. The number of rotatable bonds is 5. The van der Waals surface area contributed by atoms with Crippen LogP contribution >= 0.6 is 31.4 Å². The van der Waals surface area contributed by atoms with Gasteiger partial charge in [0, 0.05) is 5.02 Å². The van der Waals surface area contributed by atoms with Gasteiger partial charge in [0.05, 0.1) is 5.02 Å². The number of hydrogen-bond donors (Lipinski definition) is 5. The minimum Gasteiger partial charge on any atom is -0.482 e. The van der Waals surface area contributed by atoms with Crippen molar-refractivity contribution in [2.45, 2.75) is 24.3 Å². The van der Waals surface area contributed by atoms with E-state index in [4.69, 9.17) is 37.6 Å². The zero-order chi connectivity index (χ0) is 18.7. The van der Waals surface area contributed by atoms with Gasteiger partial charge in [0.2, 0.25) is 0 Å². The second-order valence-corrected chi connectivity index (χ2v) is 7.58. The molecule has 12 heteroatoms. The quantitative estimate of drug-likeness (QED) is 0.448. The van der Waals surface area contributed by atoms with Gasteiger partial charge in [-0.1, -0.05) is 23.2 Å². The first-order valence-corrected chi connectivity index (χ1v) is 8.89.